The Morgan fingerprint density at radius 2 is 1.95 bits per heavy atom. The summed E-state index contributed by atoms with van der Waals surface area (Å²) in [6.07, 6.45) is 0.823. The molecule has 0 bridgehead atoms. The first-order valence-electron chi connectivity index (χ1n) is 7.29. The molecule has 0 aliphatic carbocycles. The molecule has 0 aromatic heterocycles. The molecule has 1 heterocycles. The van der Waals surface area contributed by atoms with Crippen LogP contribution in [0.3, 0.4) is 0 Å². The number of hydrogen-bond donors (Lipinski definition) is 2. The normalized spacial score (nSPS) is 14.7. The third-order valence-corrected chi connectivity index (χ3v) is 3.50. The van der Waals surface area contributed by atoms with Gasteiger partial charge in [0.15, 0.2) is 0 Å². The van der Waals surface area contributed by atoms with Gasteiger partial charge < -0.3 is 15.5 Å². The monoisotopic (exact) mass is 311 g/mol. The van der Waals surface area contributed by atoms with Gasteiger partial charge in [0.05, 0.1) is 5.56 Å². The molecule has 0 radical (unpaired) electrons. The fourth-order valence-electron chi connectivity index (χ4n) is 2.28. The number of benzene rings is 1. The maximum Gasteiger partial charge on any atom is 0.254 e. The Balaban J connectivity index is 1.71. The Kier molecular flexibility index (Phi) is 5.83. The molecule has 1 fully saturated rings. The van der Waals surface area contributed by atoms with Crippen LogP contribution in [0.1, 0.15) is 23.2 Å². The van der Waals surface area contributed by atoms with Gasteiger partial charge in [-0.3, -0.25) is 9.59 Å². The summed E-state index contributed by atoms with van der Waals surface area (Å²) in [5, 5.41) is 5.70. The maximum absolute atomic E-state index is 13.4. The average Bonchev–Trinajstić information content (AvgIpc) is 2.52. The third kappa shape index (κ3) is 4.49. The highest BCUT2D eigenvalue weighted by atomic mass is 19.1. The minimum absolute atomic E-state index is 0.0590. The molecule has 0 unspecified atom stereocenters. The van der Waals surface area contributed by atoms with Crippen molar-refractivity contribution in [2.45, 2.75) is 12.8 Å². The summed E-state index contributed by atoms with van der Waals surface area (Å²) in [5.41, 5.74) is -0.199. The summed E-state index contributed by atoms with van der Waals surface area (Å²) in [6, 6.07) is 2.81. The van der Waals surface area contributed by atoms with E-state index in [4.69, 9.17) is 0 Å². The molecule has 1 aliphatic heterocycles. The van der Waals surface area contributed by atoms with Crippen molar-refractivity contribution in [3.8, 4) is 0 Å². The van der Waals surface area contributed by atoms with Crippen molar-refractivity contribution in [3.63, 3.8) is 0 Å². The fraction of sp³-hybridized carbons (Fsp3) is 0.467. The predicted octanol–water partition coefficient (Wildman–Crippen LogP) is 0.907. The first-order chi connectivity index (χ1) is 10.6. The number of nitrogens with zero attached hydrogens (tertiary/aromatic N) is 1. The van der Waals surface area contributed by atoms with Gasteiger partial charge in [-0.2, -0.15) is 0 Å². The van der Waals surface area contributed by atoms with Gasteiger partial charge in [0.25, 0.3) is 5.91 Å². The summed E-state index contributed by atoms with van der Waals surface area (Å²) >= 11 is 0. The third-order valence-electron chi connectivity index (χ3n) is 3.50. The van der Waals surface area contributed by atoms with E-state index in [0.29, 0.717) is 32.0 Å². The molecule has 120 valence electrons. The van der Waals surface area contributed by atoms with E-state index in [1.807, 2.05) is 0 Å². The molecule has 1 saturated heterocycles. The predicted molar refractivity (Wildman–Crippen MR) is 77.4 cm³/mol. The highest BCUT2D eigenvalue weighted by molar-refractivity contribution is 5.94. The second-order valence-corrected chi connectivity index (χ2v) is 5.11. The molecule has 0 saturated carbocycles. The topological polar surface area (TPSA) is 61.4 Å². The molecule has 1 aromatic carbocycles. The molecular formula is C15H19F2N3O2. The zero-order valence-corrected chi connectivity index (χ0v) is 12.2. The van der Waals surface area contributed by atoms with E-state index in [2.05, 4.69) is 10.6 Å². The van der Waals surface area contributed by atoms with Crippen LogP contribution in [0.15, 0.2) is 18.2 Å². The molecule has 0 spiro atoms. The van der Waals surface area contributed by atoms with Crippen LogP contribution < -0.4 is 10.6 Å². The van der Waals surface area contributed by atoms with Gasteiger partial charge in [0.2, 0.25) is 5.91 Å². The van der Waals surface area contributed by atoms with Crippen molar-refractivity contribution in [2.24, 2.45) is 0 Å². The van der Waals surface area contributed by atoms with Gasteiger partial charge in [-0.15, -0.1) is 0 Å². The highest BCUT2D eigenvalue weighted by Gasteiger charge is 2.16. The highest BCUT2D eigenvalue weighted by Crippen LogP contribution is 2.09. The average molecular weight is 311 g/mol. The van der Waals surface area contributed by atoms with Gasteiger partial charge in [-0.1, -0.05) is 0 Å². The second kappa shape index (κ2) is 7.84. The molecular weight excluding hydrogens is 292 g/mol. The molecule has 22 heavy (non-hydrogen) atoms. The van der Waals surface area contributed by atoms with Crippen molar-refractivity contribution in [2.75, 3.05) is 32.7 Å². The number of piperazine rings is 1. The van der Waals surface area contributed by atoms with Gasteiger partial charge >= 0.3 is 0 Å². The van der Waals surface area contributed by atoms with Gasteiger partial charge in [0, 0.05) is 45.2 Å². The molecule has 7 heteroatoms. The van der Waals surface area contributed by atoms with Crippen molar-refractivity contribution in [3.05, 3.63) is 35.4 Å². The molecule has 0 atom stereocenters. The van der Waals surface area contributed by atoms with Crippen LogP contribution in [0, 0.1) is 11.6 Å². The smallest absolute Gasteiger partial charge is 0.254 e. The number of hydrogen-bond acceptors (Lipinski definition) is 3. The SMILES string of the molecule is O=C(NCCCC(=O)N1CCNCC1)c1ccc(F)cc1F. The first-order valence-corrected chi connectivity index (χ1v) is 7.29. The Labute approximate surface area is 127 Å². The summed E-state index contributed by atoms with van der Waals surface area (Å²) in [6.45, 7) is 3.27. The van der Waals surface area contributed by atoms with Crippen LogP contribution in [0.2, 0.25) is 0 Å². The number of halogens is 2. The Morgan fingerprint density at radius 1 is 1.23 bits per heavy atom. The minimum Gasteiger partial charge on any atom is -0.352 e. The van der Waals surface area contributed by atoms with Gasteiger partial charge in [-0.05, 0) is 18.6 Å². The van der Waals surface area contributed by atoms with Gasteiger partial charge in [-0.25, -0.2) is 8.78 Å². The summed E-state index contributed by atoms with van der Waals surface area (Å²) in [4.78, 5) is 25.4. The van der Waals surface area contributed by atoms with E-state index in [1.165, 1.54) is 0 Å². The number of nitrogens with one attached hydrogen (secondary N) is 2. The molecule has 1 aromatic rings. The van der Waals surface area contributed by atoms with Crippen molar-refractivity contribution >= 4 is 11.8 Å². The van der Waals surface area contributed by atoms with E-state index in [-0.39, 0.29) is 18.0 Å². The van der Waals surface area contributed by atoms with Crippen molar-refractivity contribution < 1.29 is 18.4 Å². The first kappa shape index (κ1) is 16.4. The lowest BCUT2D eigenvalue weighted by Crippen LogP contribution is -2.46. The largest absolute Gasteiger partial charge is 0.352 e. The number of amides is 2. The number of rotatable bonds is 5. The molecule has 1 aliphatic rings. The maximum atomic E-state index is 13.4. The Hall–Kier alpha value is -2.02. The molecule has 2 amide bonds. The number of carbonyl (C=O) groups is 2. The summed E-state index contributed by atoms with van der Waals surface area (Å²) in [5.74, 6) is -2.17. The van der Waals surface area contributed by atoms with Crippen LogP contribution in [0.25, 0.3) is 0 Å². The standard InChI is InChI=1S/C15H19F2N3O2/c16-11-3-4-12(13(17)10-11)15(22)19-5-1-2-14(21)20-8-6-18-7-9-20/h3-4,10,18H,1-2,5-9H2,(H,19,22). The van der Waals surface area contributed by atoms with Crippen LogP contribution in [-0.2, 0) is 4.79 Å². The minimum atomic E-state index is -0.894. The van der Waals surface area contributed by atoms with Crippen molar-refractivity contribution in [1.82, 2.24) is 15.5 Å². The zero-order chi connectivity index (χ0) is 15.9. The van der Waals surface area contributed by atoms with E-state index < -0.39 is 17.5 Å². The van der Waals surface area contributed by atoms with Crippen LogP contribution in [0.4, 0.5) is 8.78 Å². The van der Waals surface area contributed by atoms with E-state index >= 15 is 0 Å². The summed E-state index contributed by atoms with van der Waals surface area (Å²) in [7, 11) is 0. The van der Waals surface area contributed by atoms with E-state index in [1.54, 1.807) is 4.90 Å². The lowest BCUT2D eigenvalue weighted by molar-refractivity contribution is -0.131. The zero-order valence-electron chi connectivity index (χ0n) is 12.2. The second-order valence-electron chi connectivity index (χ2n) is 5.11. The Morgan fingerprint density at radius 3 is 2.64 bits per heavy atom. The molecule has 2 N–H and O–H groups in total. The lowest BCUT2D eigenvalue weighted by atomic mass is 10.2. The van der Waals surface area contributed by atoms with Crippen LogP contribution in [-0.4, -0.2) is 49.4 Å². The van der Waals surface area contributed by atoms with Crippen molar-refractivity contribution in [1.29, 1.82) is 0 Å². The number of carbonyl (C=O) groups excluding carboxylic acids is 2. The van der Waals surface area contributed by atoms with Crippen LogP contribution >= 0.6 is 0 Å². The lowest BCUT2D eigenvalue weighted by Gasteiger charge is -2.27. The molecule has 2 rings (SSSR count). The van der Waals surface area contributed by atoms with E-state index in [9.17, 15) is 18.4 Å². The fourth-order valence-corrected chi connectivity index (χ4v) is 2.28. The molecule has 5 nitrogen and oxygen atoms in total. The van der Waals surface area contributed by atoms with Crippen LogP contribution in [0.5, 0.6) is 0 Å². The van der Waals surface area contributed by atoms with E-state index in [0.717, 1.165) is 25.2 Å². The van der Waals surface area contributed by atoms with Gasteiger partial charge in [0.1, 0.15) is 11.6 Å². The quantitative estimate of drug-likeness (QED) is 0.795. The Bertz CT molecular complexity index is 546. The summed E-state index contributed by atoms with van der Waals surface area (Å²) < 4.78 is 26.2.